The Balaban J connectivity index is 2.11. The van der Waals surface area contributed by atoms with Gasteiger partial charge in [-0.05, 0) is 19.1 Å². The molecule has 0 bridgehead atoms. The number of sulfone groups is 1. The molecule has 19 heavy (non-hydrogen) atoms. The maximum Gasteiger partial charge on any atom is 0.181 e. The minimum absolute atomic E-state index is 0.0338. The van der Waals surface area contributed by atoms with Gasteiger partial charge >= 0.3 is 0 Å². The number of anilines is 1. The Kier molecular flexibility index (Phi) is 4.44. The summed E-state index contributed by atoms with van der Waals surface area (Å²) in [4.78, 5) is 2.37. The first-order valence-electron chi connectivity index (χ1n) is 6.40. The third kappa shape index (κ3) is 3.46. The minimum Gasteiger partial charge on any atom is -0.398 e. The number of nitrogen functional groups attached to an aromatic ring is 1. The predicted molar refractivity (Wildman–Crippen MR) is 74.8 cm³/mol. The molecule has 1 unspecified atom stereocenters. The Labute approximate surface area is 114 Å². The molecule has 0 saturated carbocycles. The summed E-state index contributed by atoms with van der Waals surface area (Å²) in [5, 5.41) is 0. The molecule has 0 aromatic heterocycles. The average molecular weight is 284 g/mol. The Morgan fingerprint density at radius 1 is 1.32 bits per heavy atom. The van der Waals surface area contributed by atoms with E-state index in [0.717, 1.165) is 13.1 Å². The van der Waals surface area contributed by atoms with Gasteiger partial charge in [-0.3, -0.25) is 4.90 Å². The van der Waals surface area contributed by atoms with Crippen LogP contribution < -0.4 is 5.73 Å². The van der Waals surface area contributed by atoms with Gasteiger partial charge in [0.2, 0.25) is 0 Å². The van der Waals surface area contributed by atoms with E-state index in [4.69, 9.17) is 10.5 Å². The van der Waals surface area contributed by atoms with Crippen molar-refractivity contribution >= 4 is 15.5 Å². The fourth-order valence-corrected chi connectivity index (χ4v) is 4.03. The van der Waals surface area contributed by atoms with Crippen molar-refractivity contribution < 1.29 is 13.2 Å². The lowest BCUT2D eigenvalue weighted by atomic mass is 10.3. The number of para-hydroxylation sites is 1. The van der Waals surface area contributed by atoms with Crippen LogP contribution in [0.25, 0.3) is 0 Å². The summed E-state index contributed by atoms with van der Waals surface area (Å²) >= 11 is 0. The molecule has 106 valence electrons. The van der Waals surface area contributed by atoms with Crippen molar-refractivity contribution in [2.24, 2.45) is 0 Å². The number of hydrogen-bond acceptors (Lipinski definition) is 5. The van der Waals surface area contributed by atoms with Gasteiger partial charge in [-0.1, -0.05) is 12.1 Å². The molecule has 0 radical (unpaired) electrons. The highest BCUT2D eigenvalue weighted by molar-refractivity contribution is 7.91. The second-order valence-corrected chi connectivity index (χ2v) is 6.82. The van der Waals surface area contributed by atoms with E-state index in [-0.39, 0.29) is 16.7 Å². The Morgan fingerprint density at radius 2 is 1.95 bits per heavy atom. The molecule has 2 rings (SSSR count). The van der Waals surface area contributed by atoms with E-state index in [9.17, 15) is 8.42 Å². The molecule has 1 aromatic rings. The van der Waals surface area contributed by atoms with Crippen LogP contribution in [0.3, 0.4) is 0 Å². The first-order valence-corrected chi connectivity index (χ1v) is 8.05. The molecule has 1 atom stereocenters. The van der Waals surface area contributed by atoms with Gasteiger partial charge in [-0.2, -0.15) is 0 Å². The summed E-state index contributed by atoms with van der Waals surface area (Å²) in [5.74, 6) is 0.0845. The zero-order chi connectivity index (χ0) is 13.9. The van der Waals surface area contributed by atoms with Crippen LogP contribution in [0, 0.1) is 0 Å². The normalized spacial score (nSPS) is 19.2. The Hall–Kier alpha value is -1.11. The SMILES string of the molecule is CC(CS(=O)(=O)c1ccccc1N)N1CCOCC1. The highest BCUT2D eigenvalue weighted by Crippen LogP contribution is 2.20. The number of benzene rings is 1. The van der Waals surface area contributed by atoms with E-state index in [0.29, 0.717) is 18.9 Å². The summed E-state index contributed by atoms with van der Waals surface area (Å²) < 4.78 is 30.0. The lowest BCUT2D eigenvalue weighted by Crippen LogP contribution is -2.45. The zero-order valence-electron chi connectivity index (χ0n) is 11.1. The van der Waals surface area contributed by atoms with Crippen LogP contribution in [0.5, 0.6) is 0 Å². The predicted octanol–water partition coefficient (Wildman–Crippen LogP) is 0.763. The summed E-state index contributed by atoms with van der Waals surface area (Å²) in [6.45, 7) is 4.82. The van der Waals surface area contributed by atoms with Gasteiger partial charge in [0.1, 0.15) is 0 Å². The second-order valence-electron chi connectivity index (χ2n) is 4.82. The number of nitrogens with two attached hydrogens (primary N) is 1. The Bertz CT molecular complexity index is 524. The van der Waals surface area contributed by atoms with E-state index in [2.05, 4.69) is 4.90 Å². The van der Waals surface area contributed by atoms with Crippen LogP contribution in [0.1, 0.15) is 6.92 Å². The van der Waals surface area contributed by atoms with Gasteiger partial charge < -0.3 is 10.5 Å². The molecule has 0 amide bonds. The highest BCUT2D eigenvalue weighted by atomic mass is 32.2. The largest absolute Gasteiger partial charge is 0.398 e. The monoisotopic (exact) mass is 284 g/mol. The van der Waals surface area contributed by atoms with Gasteiger partial charge in [0.05, 0.1) is 29.5 Å². The van der Waals surface area contributed by atoms with Gasteiger partial charge in [-0.15, -0.1) is 0 Å². The molecule has 0 spiro atoms. The number of ether oxygens (including phenoxy) is 1. The summed E-state index contributed by atoms with van der Waals surface area (Å²) in [6.07, 6.45) is 0. The smallest absolute Gasteiger partial charge is 0.181 e. The van der Waals surface area contributed by atoms with Crippen LogP contribution in [0.15, 0.2) is 29.2 Å². The summed E-state index contributed by atoms with van der Waals surface area (Å²) in [5.41, 5.74) is 6.06. The summed E-state index contributed by atoms with van der Waals surface area (Å²) in [6, 6.07) is 6.58. The first-order chi connectivity index (χ1) is 9.00. The molecule has 1 heterocycles. The quantitative estimate of drug-likeness (QED) is 0.827. The van der Waals surface area contributed by atoms with E-state index < -0.39 is 9.84 Å². The van der Waals surface area contributed by atoms with Crippen LogP contribution >= 0.6 is 0 Å². The third-order valence-electron chi connectivity index (χ3n) is 3.38. The third-order valence-corrected chi connectivity index (χ3v) is 5.35. The molecule has 2 N–H and O–H groups in total. The van der Waals surface area contributed by atoms with E-state index in [1.807, 2.05) is 6.92 Å². The van der Waals surface area contributed by atoms with Crippen molar-refractivity contribution in [3.05, 3.63) is 24.3 Å². The van der Waals surface area contributed by atoms with Crippen LogP contribution in [0.2, 0.25) is 0 Å². The van der Waals surface area contributed by atoms with Crippen LogP contribution in [0.4, 0.5) is 5.69 Å². The highest BCUT2D eigenvalue weighted by Gasteiger charge is 2.25. The first kappa shape index (κ1) is 14.3. The van der Waals surface area contributed by atoms with Crippen molar-refractivity contribution in [3.8, 4) is 0 Å². The van der Waals surface area contributed by atoms with E-state index >= 15 is 0 Å². The average Bonchev–Trinajstić information content (AvgIpc) is 2.39. The van der Waals surface area contributed by atoms with Gasteiger partial charge in [0.25, 0.3) is 0 Å². The molecule has 1 saturated heterocycles. The van der Waals surface area contributed by atoms with Crippen molar-refractivity contribution in [2.75, 3.05) is 37.8 Å². The van der Waals surface area contributed by atoms with Crippen LogP contribution in [-0.2, 0) is 14.6 Å². The van der Waals surface area contributed by atoms with Crippen molar-refractivity contribution in [3.63, 3.8) is 0 Å². The topological polar surface area (TPSA) is 72.6 Å². The number of morpholine rings is 1. The zero-order valence-corrected chi connectivity index (χ0v) is 11.9. The molecule has 1 aromatic carbocycles. The number of rotatable bonds is 4. The fraction of sp³-hybridized carbons (Fsp3) is 0.538. The Morgan fingerprint density at radius 3 is 2.58 bits per heavy atom. The maximum atomic E-state index is 12.4. The van der Waals surface area contributed by atoms with Crippen molar-refractivity contribution in [2.45, 2.75) is 17.9 Å². The number of nitrogens with zero attached hydrogens (tertiary/aromatic N) is 1. The molecule has 1 aliphatic rings. The van der Waals surface area contributed by atoms with Crippen molar-refractivity contribution in [1.29, 1.82) is 0 Å². The molecule has 0 aliphatic carbocycles. The second kappa shape index (κ2) is 5.90. The molecular weight excluding hydrogens is 264 g/mol. The molecule has 1 fully saturated rings. The standard InChI is InChI=1S/C13H20N2O3S/c1-11(15-6-8-18-9-7-15)10-19(16,17)13-5-3-2-4-12(13)14/h2-5,11H,6-10,14H2,1H3. The molecule has 5 nitrogen and oxygen atoms in total. The lowest BCUT2D eigenvalue weighted by molar-refractivity contribution is 0.0243. The maximum absolute atomic E-state index is 12.4. The van der Waals surface area contributed by atoms with Crippen molar-refractivity contribution in [1.82, 2.24) is 4.90 Å². The summed E-state index contributed by atoms with van der Waals surface area (Å²) in [7, 11) is -3.35. The minimum atomic E-state index is -3.35. The van der Waals surface area contributed by atoms with Gasteiger partial charge in [0, 0.05) is 19.1 Å². The van der Waals surface area contributed by atoms with E-state index in [1.54, 1.807) is 24.3 Å². The van der Waals surface area contributed by atoms with Gasteiger partial charge in [0.15, 0.2) is 9.84 Å². The lowest BCUT2D eigenvalue weighted by Gasteiger charge is -2.32. The fourth-order valence-electron chi connectivity index (χ4n) is 2.29. The molecule has 6 heteroatoms. The molecular formula is C13H20N2O3S. The number of hydrogen-bond donors (Lipinski definition) is 1. The van der Waals surface area contributed by atoms with Crippen LogP contribution in [-0.4, -0.2) is 51.4 Å². The van der Waals surface area contributed by atoms with E-state index in [1.165, 1.54) is 0 Å². The van der Waals surface area contributed by atoms with Gasteiger partial charge in [-0.25, -0.2) is 8.42 Å². The molecule has 1 aliphatic heterocycles.